The van der Waals surface area contributed by atoms with Crippen molar-refractivity contribution in [2.75, 3.05) is 13.1 Å². The molecule has 0 bridgehead atoms. The Balaban J connectivity index is 2.65. The van der Waals surface area contributed by atoms with E-state index >= 15 is 0 Å². The molecule has 0 aliphatic carbocycles. The van der Waals surface area contributed by atoms with Crippen LogP contribution in [0, 0.1) is 6.92 Å². The molecule has 1 aromatic rings. The van der Waals surface area contributed by atoms with Crippen LogP contribution in [0.15, 0.2) is 29.3 Å². The first-order valence-corrected chi connectivity index (χ1v) is 5.04. The molecule has 0 aliphatic rings. The van der Waals surface area contributed by atoms with Gasteiger partial charge in [0.05, 0.1) is 6.33 Å². The normalized spacial score (nSPS) is 10.3. The molecule has 0 unspecified atom stereocenters. The Bertz CT molecular complexity index is 395. The minimum absolute atomic E-state index is 0.0276. The van der Waals surface area contributed by atoms with Crippen molar-refractivity contribution in [1.82, 2.24) is 14.9 Å². The third-order valence-corrected chi connectivity index (χ3v) is 2.04. The van der Waals surface area contributed by atoms with Crippen molar-refractivity contribution < 1.29 is 0 Å². The second-order valence-corrected chi connectivity index (χ2v) is 3.53. The molecule has 0 amide bonds. The Morgan fingerprint density at radius 2 is 2.40 bits per heavy atom. The lowest BCUT2D eigenvalue weighted by molar-refractivity contribution is 0.674. The van der Waals surface area contributed by atoms with E-state index in [1.165, 1.54) is 6.07 Å². The lowest BCUT2D eigenvalue weighted by atomic mass is 10.3. The summed E-state index contributed by atoms with van der Waals surface area (Å²) in [6.07, 6.45) is 1.56. The highest BCUT2D eigenvalue weighted by atomic mass is 16.1. The first-order valence-electron chi connectivity index (χ1n) is 5.04. The van der Waals surface area contributed by atoms with Gasteiger partial charge in [0.1, 0.15) is 0 Å². The average molecular weight is 207 g/mol. The molecule has 0 aliphatic heterocycles. The summed E-state index contributed by atoms with van der Waals surface area (Å²) in [6, 6.07) is 1.53. The van der Waals surface area contributed by atoms with Crippen LogP contribution in [0.25, 0.3) is 0 Å². The molecule has 82 valence electrons. The lowest BCUT2D eigenvalue weighted by Gasteiger charge is -2.08. The van der Waals surface area contributed by atoms with Crippen LogP contribution in [-0.2, 0) is 6.54 Å². The van der Waals surface area contributed by atoms with E-state index in [1.54, 1.807) is 17.8 Å². The second kappa shape index (κ2) is 5.46. The second-order valence-electron chi connectivity index (χ2n) is 3.53. The zero-order valence-corrected chi connectivity index (χ0v) is 9.29. The topological polar surface area (TPSA) is 46.9 Å². The predicted molar refractivity (Wildman–Crippen MR) is 60.9 cm³/mol. The molecule has 4 heteroatoms. The molecule has 1 rings (SSSR count). The first kappa shape index (κ1) is 11.7. The lowest BCUT2D eigenvalue weighted by Crippen LogP contribution is -2.24. The Hall–Kier alpha value is -1.42. The molecule has 0 atom stereocenters. The summed E-state index contributed by atoms with van der Waals surface area (Å²) in [6.45, 7) is 9.90. The Labute approximate surface area is 89.7 Å². The van der Waals surface area contributed by atoms with Gasteiger partial charge in [0.15, 0.2) is 0 Å². The van der Waals surface area contributed by atoms with Crippen molar-refractivity contribution in [3.63, 3.8) is 0 Å². The monoisotopic (exact) mass is 207 g/mol. The number of aryl methyl sites for hydroxylation is 1. The Morgan fingerprint density at radius 3 is 3.00 bits per heavy atom. The molecule has 0 radical (unpaired) electrons. The van der Waals surface area contributed by atoms with Gasteiger partial charge >= 0.3 is 0 Å². The van der Waals surface area contributed by atoms with E-state index in [9.17, 15) is 4.79 Å². The molecule has 0 spiro atoms. The molecule has 4 nitrogen and oxygen atoms in total. The molecule has 1 aromatic heterocycles. The number of aromatic nitrogens is 2. The van der Waals surface area contributed by atoms with Crippen LogP contribution < -0.4 is 10.9 Å². The smallest absolute Gasteiger partial charge is 0.253 e. The fourth-order valence-electron chi connectivity index (χ4n) is 1.23. The van der Waals surface area contributed by atoms with Gasteiger partial charge in [0, 0.05) is 24.8 Å². The van der Waals surface area contributed by atoms with E-state index in [1.807, 2.05) is 6.92 Å². The summed E-state index contributed by atoms with van der Waals surface area (Å²) in [5.41, 5.74) is 1.69. The first-order chi connectivity index (χ1) is 7.13. The largest absolute Gasteiger partial charge is 0.313 e. The van der Waals surface area contributed by atoms with Crippen LogP contribution in [0.1, 0.15) is 12.6 Å². The zero-order chi connectivity index (χ0) is 11.3. The molecule has 0 aromatic carbocycles. The number of nitrogens with zero attached hydrogens (tertiary/aromatic N) is 2. The quantitative estimate of drug-likeness (QED) is 0.724. The number of rotatable bonds is 5. The van der Waals surface area contributed by atoms with E-state index < -0.39 is 0 Å². The standard InChI is InChI=1S/C11H17N3O/c1-4-12-6-9(2)7-14-8-13-10(3)5-11(14)15/h5,8,12H,2,4,6-7H2,1,3H3. The van der Waals surface area contributed by atoms with Crippen LogP contribution >= 0.6 is 0 Å². The van der Waals surface area contributed by atoms with Gasteiger partial charge in [-0.25, -0.2) is 4.98 Å². The van der Waals surface area contributed by atoms with Crippen LogP contribution in [-0.4, -0.2) is 22.6 Å². The minimum atomic E-state index is -0.0276. The summed E-state index contributed by atoms with van der Waals surface area (Å²) >= 11 is 0. The van der Waals surface area contributed by atoms with Gasteiger partial charge in [-0.15, -0.1) is 0 Å². The highest BCUT2D eigenvalue weighted by molar-refractivity contribution is 5.01. The molecule has 15 heavy (non-hydrogen) atoms. The number of hydrogen-bond acceptors (Lipinski definition) is 3. The van der Waals surface area contributed by atoms with Gasteiger partial charge in [0.2, 0.25) is 0 Å². The number of hydrogen-bond donors (Lipinski definition) is 1. The maximum absolute atomic E-state index is 11.5. The Kier molecular flexibility index (Phi) is 4.24. The number of likely N-dealkylation sites (N-methyl/N-ethyl adjacent to an activating group) is 1. The van der Waals surface area contributed by atoms with Crippen molar-refractivity contribution in [3.8, 4) is 0 Å². The van der Waals surface area contributed by atoms with Crippen LogP contribution in [0.4, 0.5) is 0 Å². The molecule has 1 N–H and O–H groups in total. The maximum Gasteiger partial charge on any atom is 0.253 e. The van der Waals surface area contributed by atoms with E-state index in [-0.39, 0.29) is 5.56 Å². The van der Waals surface area contributed by atoms with Crippen LogP contribution in [0.5, 0.6) is 0 Å². The highest BCUT2D eigenvalue weighted by Crippen LogP contribution is 1.93. The van der Waals surface area contributed by atoms with E-state index in [0.717, 1.165) is 24.4 Å². The molecular formula is C11H17N3O. The summed E-state index contributed by atoms with van der Waals surface area (Å²) in [5.74, 6) is 0. The van der Waals surface area contributed by atoms with E-state index in [0.29, 0.717) is 6.54 Å². The van der Waals surface area contributed by atoms with Crippen LogP contribution in [0.3, 0.4) is 0 Å². The van der Waals surface area contributed by atoms with E-state index in [4.69, 9.17) is 0 Å². The third kappa shape index (κ3) is 3.67. The van der Waals surface area contributed by atoms with Crippen molar-refractivity contribution in [1.29, 1.82) is 0 Å². The van der Waals surface area contributed by atoms with Gasteiger partial charge < -0.3 is 5.32 Å². The summed E-state index contributed by atoms with van der Waals surface area (Å²) in [5, 5.41) is 3.16. The van der Waals surface area contributed by atoms with Crippen LogP contribution in [0.2, 0.25) is 0 Å². The van der Waals surface area contributed by atoms with Crippen molar-refractivity contribution >= 4 is 0 Å². The van der Waals surface area contributed by atoms with Crippen molar-refractivity contribution in [2.45, 2.75) is 20.4 Å². The van der Waals surface area contributed by atoms with Crippen molar-refractivity contribution in [3.05, 3.63) is 40.6 Å². The molecule has 0 fully saturated rings. The fraction of sp³-hybridized carbons (Fsp3) is 0.455. The van der Waals surface area contributed by atoms with Gasteiger partial charge in [-0.05, 0) is 19.0 Å². The molecular weight excluding hydrogens is 190 g/mol. The maximum atomic E-state index is 11.5. The zero-order valence-electron chi connectivity index (χ0n) is 9.29. The molecule has 0 saturated heterocycles. The molecule has 0 saturated carbocycles. The number of nitrogens with one attached hydrogen (secondary N) is 1. The molecule has 1 heterocycles. The van der Waals surface area contributed by atoms with Gasteiger partial charge in [-0.2, -0.15) is 0 Å². The van der Waals surface area contributed by atoms with Gasteiger partial charge in [-0.3, -0.25) is 9.36 Å². The highest BCUT2D eigenvalue weighted by Gasteiger charge is 1.99. The van der Waals surface area contributed by atoms with Gasteiger partial charge in [0.25, 0.3) is 5.56 Å². The summed E-state index contributed by atoms with van der Waals surface area (Å²) in [4.78, 5) is 15.6. The minimum Gasteiger partial charge on any atom is -0.313 e. The summed E-state index contributed by atoms with van der Waals surface area (Å²) in [7, 11) is 0. The van der Waals surface area contributed by atoms with Gasteiger partial charge in [-0.1, -0.05) is 13.5 Å². The third-order valence-electron chi connectivity index (χ3n) is 2.04. The average Bonchev–Trinajstić information content (AvgIpc) is 2.19. The van der Waals surface area contributed by atoms with E-state index in [2.05, 4.69) is 16.9 Å². The fourth-order valence-corrected chi connectivity index (χ4v) is 1.23. The van der Waals surface area contributed by atoms with Crippen molar-refractivity contribution in [2.24, 2.45) is 0 Å². The Morgan fingerprint density at radius 1 is 1.67 bits per heavy atom. The predicted octanol–water partition coefficient (Wildman–Crippen LogP) is 0.717. The summed E-state index contributed by atoms with van der Waals surface area (Å²) < 4.78 is 1.56. The SMILES string of the molecule is C=C(CNCC)Cn1cnc(C)cc1=O.